The zero-order valence-electron chi connectivity index (χ0n) is 87.3. The zero-order valence-corrected chi connectivity index (χ0v) is 87.4. The highest BCUT2D eigenvalue weighted by Crippen LogP contribution is 2.50. The highest BCUT2D eigenvalue weighted by Gasteiger charge is 2.45. The Morgan fingerprint density at radius 1 is 0.451 bits per heavy atom. The van der Waals surface area contributed by atoms with Crippen molar-refractivity contribution in [1.29, 1.82) is 0 Å². The summed E-state index contributed by atoms with van der Waals surface area (Å²) in [5.41, 5.74) is 11.7. The van der Waals surface area contributed by atoms with E-state index in [1.54, 1.807) is 72.7 Å². The minimum atomic E-state index is -2.67. The summed E-state index contributed by atoms with van der Waals surface area (Å²) in [5, 5.41) is 2.47. The van der Waals surface area contributed by atoms with Gasteiger partial charge in [0.1, 0.15) is 11.6 Å². The summed E-state index contributed by atoms with van der Waals surface area (Å²) in [7, 11) is 6.53. The third-order valence-corrected chi connectivity index (χ3v) is 28.6. The van der Waals surface area contributed by atoms with Gasteiger partial charge in [-0.25, -0.2) is 19.9 Å². The van der Waals surface area contributed by atoms with E-state index in [0.717, 1.165) is 126 Å². The number of ether oxygens (including phenoxy) is 13. The largest absolute Gasteiger partial charge is 0.493 e. The maximum Gasteiger partial charge on any atom is 0.274 e. The van der Waals surface area contributed by atoms with E-state index < -0.39 is 29.5 Å². The van der Waals surface area contributed by atoms with Crippen molar-refractivity contribution in [3.05, 3.63) is 198 Å². The summed E-state index contributed by atoms with van der Waals surface area (Å²) in [6, 6.07) is 34.0. The number of halogens is 3. The molecule has 4 amide bonds. The molecule has 752 valence electrons. The first-order valence-electron chi connectivity index (χ1n) is 49.6. The Morgan fingerprint density at radius 3 is 1.18 bits per heavy atom. The minimum absolute atomic E-state index is 0.00950. The average molecular weight is 2020 g/mol. The summed E-state index contributed by atoms with van der Waals surface area (Å²) in [6.07, 6.45) is 5.16. The average Bonchev–Trinajstić information content (AvgIpc) is 1.64. The van der Waals surface area contributed by atoms with Crippen molar-refractivity contribution >= 4 is 69.5 Å². The number of thiophene rings is 2. The lowest BCUT2D eigenvalue weighted by molar-refractivity contribution is -0.0375. The number of para-hydroxylation sites is 1. The van der Waals surface area contributed by atoms with Crippen molar-refractivity contribution in [3.63, 3.8) is 0 Å². The van der Waals surface area contributed by atoms with Crippen LogP contribution in [0.15, 0.2) is 115 Å². The van der Waals surface area contributed by atoms with Crippen LogP contribution < -0.4 is 47.4 Å². The molecule has 0 N–H and O–H groups in total. The number of amides is 4. The Bertz CT molecular complexity index is 6920. The Kier molecular flexibility index (Phi) is 28.0. The third kappa shape index (κ3) is 19.9. The van der Waals surface area contributed by atoms with Crippen molar-refractivity contribution in [2.24, 2.45) is 0 Å². The molecule has 6 aromatic heterocycles. The van der Waals surface area contributed by atoms with Gasteiger partial charge in [0.25, 0.3) is 23.6 Å². The maximum atomic E-state index is 14.1. The molecule has 0 atom stereocenters. The van der Waals surface area contributed by atoms with E-state index in [9.17, 15) is 23.6 Å². The van der Waals surface area contributed by atoms with Gasteiger partial charge in [0, 0.05) is 66.1 Å². The first-order chi connectivity index (χ1) is 68.9. The van der Waals surface area contributed by atoms with E-state index in [4.69, 9.17) is 104 Å². The van der Waals surface area contributed by atoms with Crippen LogP contribution in [0.1, 0.15) is 209 Å². The Morgan fingerprint density at radius 2 is 0.817 bits per heavy atom. The highest BCUT2D eigenvalue weighted by molar-refractivity contribution is 7.14. The summed E-state index contributed by atoms with van der Waals surface area (Å²) in [4.78, 5) is 83.4. The number of fused-ring (bicyclic) bond motifs is 13. The molecule has 3 saturated heterocycles. The van der Waals surface area contributed by atoms with E-state index in [-0.39, 0.29) is 65.3 Å². The van der Waals surface area contributed by atoms with E-state index in [0.29, 0.717) is 197 Å². The first kappa shape index (κ1) is 97.3. The van der Waals surface area contributed by atoms with Gasteiger partial charge in [0.05, 0.1) is 180 Å². The smallest absolute Gasteiger partial charge is 0.274 e. The molecule has 0 radical (unpaired) electrons. The lowest BCUT2D eigenvalue weighted by atomic mass is 9.98. The molecule has 6 aromatic carbocycles. The number of aromatic nitrogens is 8. The Balaban J connectivity index is 0.000000133. The van der Waals surface area contributed by atoms with Crippen molar-refractivity contribution in [2.75, 3.05) is 101 Å². The van der Waals surface area contributed by atoms with Gasteiger partial charge < -0.3 is 81.2 Å². The van der Waals surface area contributed by atoms with Crippen LogP contribution in [0.25, 0.3) is 66.9 Å². The molecule has 20 rings (SSSR count). The Labute approximate surface area is 850 Å². The molecule has 14 heterocycles. The summed E-state index contributed by atoms with van der Waals surface area (Å²) in [6.45, 7) is 35.0. The standard InChI is InChI=1S/C29H33N3O6.C28H31Cl2N3O4.C26H31N3O4S.C25H30FN3O3S/c1-17(2)38-24-14-21-18(13-23(24)34-5)9-10-20-25(28(33)31-11-12-35-15-29(31,3)4)30-27(32(20)21)19-7-6-8-22-26(19)37-16-36-22;1-16(2)37-23-14-21-17(13-22(23)35-5)9-10-20-25(27(34)32-11-12-36-15-28(32,3)4)31-26(33(20)21)18-7-6-8-19(29)24(18)30;1-16(2)33-21-14-19-17(13-20(21)31-5)8-9-18-23(25(30)28-10-11-32-15-26(28,3)4)27-24(29(18)19)22-7-6-12-34-22;1-14(2)32-19-13-17-15(12-18(19)31-7)8-9-16-22(24(30)28(6)25(3,4)5)27-23(29(16)17)20-10-11-21(26)33-20/h6-8,13-14,17H,9-12,15-16H2,1-5H3;6-8,13-14,16H,9-12,15H2,1-5H3;6-7,12-14,16H,8-11,15H2,1-5H3;10-14H,8-9H2,1-7H3/i;;;6D3. The number of benzene rings is 6. The van der Waals surface area contributed by atoms with Gasteiger partial charge in [-0.1, -0.05) is 41.4 Å². The quantitative estimate of drug-likeness (QED) is 0.0685. The maximum absolute atomic E-state index is 14.1. The molecule has 8 aliphatic heterocycles. The van der Waals surface area contributed by atoms with Crippen LogP contribution in [0.4, 0.5) is 4.39 Å². The molecular weight excluding hydrogens is 1890 g/mol. The molecule has 0 saturated carbocycles. The molecule has 142 heavy (non-hydrogen) atoms. The molecular formula is C108H125Cl2FN12O17S2. The number of carbonyl (C=O) groups excluding carboxylic acids is 4. The number of rotatable bonds is 20. The summed E-state index contributed by atoms with van der Waals surface area (Å²) >= 11 is 15.6. The van der Waals surface area contributed by atoms with Crippen molar-refractivity contribution in [1.82, 2.24) is 57.8 Å². The minimum Gasteiger partial charge on any atom is -0.493 e. The second kappa shape index (κ2) is 40.9. The monoisotopic (exact) mass is 2020 g/mol. The molecule has 0 spiro atoms. The van der Waals surface area contributed by atoms with Crippen LogP contribution in [0, 0.1) is 5.13 Å². The van der Waals surface area contributed by atoms with Gasteiger partial charge in [-0.3, -0.25) is 37.4 Å². The second-order valence-corrected chi connectivity index (χ2v) is 42.7. The van der Waals surface area contributed by atoms with Crippen LogP contribution >= 0.6 is 45.9 Å². The lowest BCUT2D eigenvalue weighted by Gasteiger charge is -2.41. The number of aryl methyl sites for hydroxylation is 4. The molecule has 3 fully saturated rings. The molecule has 0 aliphatic carbocycles. The number of carbonyl (C=O) groups is 4. The number of nitrogens with zero attached hydrogens (tertiary/aromatic N) is 12. The molecule has 8 aliphatic rings. The SMILES string of the molecule is COc1cc2c(cc1OC(C)C)-n1c(-c3cccc(Cl)c3Cl)nc(C(=O)N3CCOCC3(C)C)c1CC2.COc1cc2c(cc1OC(C)C)-n1c(-c3cccc4c3OCO4)nc(C(=O)N3CCOCC3(C)C)c1CC2.COc1cc2c(cc1OC(C)C)-n1c(-c3cccs3)nc(C(=O)N3CCOCC3(C)C)c1CC2.[2H]C([2H])([2H])N(C(=O)c1nc(-c2ccc(F)s2)n2c1CCc1cc(OC)c(OC(C)C)cc1-2)C(C)(C)C. The predicted octanol–water partition coefficient (Wildman–Crippen LogP) is 20.7. The van der Waals surface area contributed by atoms with Crippen molar-refractivity contribution in [2.45, 2.75) is 216 Å². The third-order valence-electron chi connectivity index (χ3n) is 26.0. The summed E-state index contributed by atoms with van der Waals surface area (Å²) < 4.78 is 121. The van der Waals surface area contributed by atoms with E-state index in [2.05, 4.69) is 26.3 Å². The molecule has 0 unspecified atom stereocenters. The number of hydrogen-bond donors (Lipinski definition) is 0. The lowest BCUT2D eigenvalue weighted by Crippen LogP contribution is -2.55. The van der Waals surface area contributed by atoms with Crippen LogP contribution in [-0.4, -0.2) is 229 Å². The van der Waals surface area contributed by atoms with Gasteiger partial charge in [0.15, 0.2) is 97.1 Å². The number of morpholine rings is 3. The van der Waals surface area contributed by atoms with E-state index in [1.165, 1.54) is 6.07 Å². The number of imidazole rings is 4. The normalized spacial score (nSPS) is 16.3. The van der Waals surface area contributed by atoms with Gasteiger partial charge in [0.2, 0.25) is 6.79 Å². The van der Waals surface area contributed by atoms with Crippen molar-refractivity contribution < 1.29 is 89.3 Å². The fourth-order valence-electron chi connectivity index (χ4n) is 19.3. The fraction of sp³-hybridized carbons (Fsp3) is 0.444. The van der Waals surface area contributed by atoms with E-state index >= 15 is 0 Å². The molecule has 12 aromatic rings. The number of hydrogen-bond acceptors (Lipinski definition) is 23. The van der Waals surface area contributed by atoms with Crippen LogP contribution in [0.5, 0.6) is 57.5 Å². The molecule has 34 heteroatoms. The van der Waals surface area contributed by atoms with Crippen LogP contribution in [-0.2, 0) is 65.6 Å². The summed E-state index contributed by atoms with van der Waals surface area (Å²) in [5.74, 6) is 7.91. The van der Waals surface area contributed by atoms with Crippen LogP contribution in [0.2, 0.25) is 10.0 Å². The highest BCUT2D eigenvalue weighted by atomic mass is 35.5. The second-order valence-electron chi connectivity index (χ2n) is 40.0. The molecule has 29 nitrogen and oxygen atoms in total. The predicted molar refractivity (Wildman–Crippen MR) is 546 cm³/mol. The molecule has 0 bridgehead atoms. The topological polar surface area (TPSA) is 273 Å². The fourth-order valence-corrected chi connectivity index (χ4v) is 21.1. The zero-order chi connectivity index (χ0) is 104. The van der Waals surface area contributed by atoms with Crippen LogP contribution in [0.3, 0.4) is 0 Å². The van der Waals surface area contributed by atoms with Crippen molar-refractivity contribution in [3.8, 4) is 124 Å². The van der Waals surface area contributed by atoms with Gasteiger partial charge in [-0.05, 0) is 263 Å². The Hall–Kier alpha value is -12.2. The van der Waals surface area contributed by atoms with E-state index in [1.807, 2.05) is 205 Å². The van der Waals surface area contributed by atoms with Gasteiger partial charge >= 0.3 is 0 Å². The van der Waals surface area contributed by atoms with Gasteiger partial charge in [-0.2, -0.15) is 4.39 Å². The van der Waals surface area contributed by atoms with Gasteiger partial charge in [-0.15, -0.1) is 22.7 Å². The number of methoxy groups -OCH3 is 4. The first-order valence-corrected chi connectivity index (χ1v) is 50.5.